The minimum absolute atomic E-state index is 0.00914. The van der Waals surface area contributed by atoms with Crippen LogP contribution in [-0.4, -0.2) is 21.4 Å². The number of hydrogen-bond acceptors (Lipinski definition) is 5. The number of aromatic nitrogens is 3. The van der Waals surface area contributed by atoms with E-state index in [0.717, 1.165) is 4.90 Å². The van der Waals surface area contributed by atoms with E-state index in [1.54, 1.807) is 11.8 Å². The fourth-order valence-electron chi connectivity index (χ4n) is 1.10. The van der Waals surface area contributed by atoms with Crippen LogP contribution in [-0.2, 0) is 0 Å². The average Bonchev–Trinajstić information content (AvgIpc) is 2.35. The predicted molar refractivity (Wildman–Crippen MR) is 68.1 cm³/mol. The lowest BCUT2D eigenvalue weighted by molar-refractivity contribution is 0.457. The first kappa shape index (κ1) is 12.4. The molecule has 4 nitrogen and oxygen atoms in total. The van der Waals surface area contributed by atoms with Gasteiger partial charge in [-0.2, -0.15) is 4.98 Å². The van der Waals surface area contributed by atoms with Gasteiger partial charge in [0.2, 0.25) is 10.4 Å². The summed E-state index contributed by atoms with van der Waals surface area (Å²) >= 11 is 13.0. The van der Waals surface area contributed by atoms with E-state index in [1.165, 1.54) is 0 Å². The Balaban J connectivity index is 2.22. The van der Waals surface area contributed by atoms with Gasteiger partial charge in [-0.3, -0.25) is 0 Å². The Morgan fingerprint density at radius 2 is 1.82 bits per heavy atom. The molecule has 7 heteroatoms. The number of hydrogen-bond donors (Lipinski definition) is 0. The Kier molecular flexibility index (Phi) is 4.04. The number of rotatable bonds is 3. The van der Waals surface area contributed by atoms with Crippen LogP contribution in [0.5, 0.6) is 11.6 Å². The summed E-state index contributed by atoms with van der Waals surface area (Å²) in [6.07, 6.45) is 2.00. The van der Waals surface area contributed by atoms with Crippen LogP contribution in [0.4, 0.5) is 0 Å². The van der Waals surface area contributed by atoms with Crippen LogP contribution in [0.25, 0.3) is 0 Å². The van der Waals surface area contributed by atoms with Crippen molar-refractivity contribution in [2.75, 3.05) is 6.26 Å². The van der Waals surface area contributed by atoms with Gasteiger partial charge < -0.3 is 4.74 Å². The Hall–Kier alpha value is -1.04. The summed E-state index contributed by atoms with van der Waals surface area (Å²) in [6, 6.07) is 7.50. The number of benzene rings is 1. The fourth-order valence-corrected chi connectivity index (χ4v) is 1.74. The Labute approximate surface area is 112 Å². The van der Waals surface area contributed by atoms with Crippen LogP contribution in [0.15, 0.2) is 29.2 Å². The first-order valence-electron chi connectivity index (χ1n) is 4.56. The SMILES string of the molecule is CSc1ccc(Oc2nc(Cl)nnc2Cl)cc1. The van der Waals surface area contributed by atoms with Gasteiger partial charge in [-0.1, -0.05) is 11.6 Å². The van der Waals surface area contributed by atoms with Gasteiger partial charge in [-0.05, 0) is 42.1 Å². The van der Waals surface area contributed by atoms with E-state index >= 15 is 0 Å². The smallest absolute Gasteiger partial charge is 0.262 e. The Morgan fingerprint density at radius 3 is 2.47 bits per heavy atom. The first-order chi connectivity index (χ1) is 8.19. The average molecular weight is 288 g/mol. The zero-order valence-corrected chi connectivity index (χ0v) is 11.1. The maximum atomic E-state index is 5.78. The molecule has 17 heavy (non-hydrogen) atoms. The molecule has 0 aliphatic heterocycles. The van der Waals surface area contributed by atoms with Crippen molar-refractivity contribution >= 4 is 35.0 Å². The van der Waals surface area contributed by atoms with Gasteiger partial charge in [0.15, 0.2) is 0 Å². The van der Waals surface area contributed by atoms with E-state index in [9.17, 15) is 0 Å². The topological polar surface area (TPSA) is 47.9 Å². The van der Waals surface area contributed by atoms with Crippen molar-refractivity contribution < 1.29 is 4.74 Å². The molecule has 2 aromatic rings. The zero-order valence-electron chi connectivity index (χ0n) is 8.72. The van der Waals surface area contributed by atoms with Gasteiger partial charge in [0.25, 0.3) is 5.88 Å². The third-order valence-corrected chi connectivity index (χ3v) is 3.01. The maximum absolute atomic E-state index is 5.78. The largest absolute Gasteiger partial charge is 0.436 e. The van der Waals surface area contributed by atoms with Gasteiger partial charge in [0, 0.05) is 4.90 Å². The summed E-state index contributed by atoms with van der Waals surface area (Å²) in [5.74, 6) is 0.754. The van der Waals surface area contributed by atoms with E-state index in [1.807, 2.05) is 30.5 Å². The van der Waals surface area contributed by atoms with E-state index in [4.69, 9.17) is 27.9 Å². The molecule has 88 valence electrons. The molecule has 1 aromatic heterocycles. The molecule has 0 amide bonds. The predicted octanol–water partition coefficient (Wildman–Crippen LogP) is 3.69. The van der Waals surface area contributed by atoms with E-state index in [-0.39, 0.29) is 16.3 Å². The van der Waals surface area contributed by atoms with Gasteiger partial charge in [-0.25, -0.2) is 0 Å². The Bertz CT molecular complexity index is 521. The van der Waals surface area contributed by atoms with Crippen LogP contribution in [0.3, 0.4) is 0 Å². The molecule has 0 unspecified atom stereocenters. The van der Waals surface area contributed by atoms with E-state index in [0.29, 0.717) is 5.75 Å². The lowest BCUT2D eigenvalue weighted by atomic mass is 10.3. The summed E-state index contributed by atoms with van der Waals surface area (Å²) in [5, 5.41) is 7.16. The third-order valence-electron chi connectivity index (χ3n) is 1.86. The molecular formula is C10H7Cl2N3OS. The van der Waals surface area contributed by atoms with E-state index in [2.05, 4.69) is 15.2 Å². The number of thioether (sulfide) groups is 1. The van der Waals surface area contributed by atoms with Crippen molar-refractivity contribution in [2.24, 2.45) is 0 Å². The minimum atomic E-state index is -0.00914. The molecule has 0 saturated heterocycles. The van der Waals surface area contributed by atoms with Crippen LogP contribution in [0.1, 0.15) is 0 Å². The number of ether oxygens (including phenoxy) is 1. The fraction of sp³-hybridized carbons (Fsp3) is 0.100. The molecule has 0 radical (unpaired) electrons. The first-order valence-corrected chi connectivity index (χ1v) is 6.55. The normalized spacial score (nSPS) is 10.3. The highest BCUT2D eigenvalue weighted by Crippen LogP contribution is 2.27. The zero-order chi connectivity index (χ0) is 12.3. The third kappa shape index (κ3) is 3.21. The van der Waals surface area contributed by atoms with Gasteiger partial charge in [0.1, 0.15) is 5.75 Å². The van der Waals surface area contributed by atoms with Gasteiger partial charge >= 0.3 is 0 Å². The Morgan fingerprint density at radius 1 is 1.12 bits per heavy atom. The van der Waals surface area contributed by atoms with Crippen molar-refractivity contribution in [3.63, 3.8) is 0 Å². The second-order valence-electron chi connectivity index (χ2n) is 2.95. The molecular weight excluding hydrogens is 281 g/mol. The molecule has 0 bridgehead atoms. The molecule has 0 N–H and O–H groups in total. The monoisotopic (exact) mass is 287 g/mol. The number of halogens is 2. The lowest BCUT2D eigenvalue weighted by Gasteiger charge is -2.05. The van der Waals surface area contributed by atoms with Crippen LogP contribution in [0.2, 0.25) is 10.4 Å². The molecule has 1 heterocycles. The van der Waals surface area contributed by atoms with Crippen LogP contribution < -0.4 is 4.74 Å². The van der Waals surface area contributed by atoms with Crippen molar-refractivity contribution in [1.82, 2.24) is 15.2 Å². The summed E-state index contributed by atoms with van der Waals surface area (Å²) in [5.41, 5.74) is 0. The maximum Gasteiger partial charge on any atom is 0.262 e. The summed E-state index contributed by atoms with van der Waals surface area (Å²) < 4.78 is 5.45. The highest BCUT2D eigenvalue weighted by molar-refractivity contribution is 7.98. The molecule has 0 atom stereocenters. The second kappa shape index (κ2) is 5.53. The minimum Gasteiger partial charge on any atom is -0.436 e. The summed E-state index contributed by atoms with van der Waals surface area (Å²) in [6.45, 7) is 0. The van der Waals surface area contributed by atoms with Crippen molar-refractivity contribution in [1.29, 1.82) is 0 Å². The van der Waals surface area contributed by atoms with Gasteiger partial charge in [0.05, 0.1) is 0 Å². The highest BCUT2D eigenvalue weighted by Gasteiger charge is 2.08. The van der Waals surface area contributed by atoms with Crippen LogP contribution >= 0.6 is 35.0 Å². The summed E-state index contributed by atoms with van der Waals surface area (Å²) in [7, 11) is 0. The molecule has 0 fully saturated rings. The summed E-state index contributed by atoms with van der Waals surface area (Å²) in [4.78, 5) is 4.98. The molecule has 2 rings (SSSR count). The molecule has 0 saturated carbocycles. The molecule has 1 aromatic carbocycles. The quantitative estimate of drug-likeness (QED) is 0.806. The van der Waals surface area contributed by atoms with Gasteiger partial charge in [-0.15, -0.1) is 22.0 Å². The van der Waals surface area contributed by atoms with Crippen molar-refractivity contribution in [3.8, 4) is 11.6 Å². The van der Waals surface area contributed by atoms with Crippen molar-refractivity contribution in [2.45, 2.75) is 4.90 Å². The molecule has 0 aliphatic carbocycles. The highest BCUT2D eigenvalue weighted by atomic mass is 35.5. The lowest BCUT2D eigenvalue weighted by Crippen LogP contribution is -1.94. The molecule has 0 aliphatic rings. The second-order valence-corrected chi connectivity index (χ2v) is 4.53. The van der Waals surface area contributed by atoms with E-state index < -0.39 is 0 Å². The standard InChI is InChI=1S/C10H7Cl2N3OS/c1-17-7-4-2-6(3-5-7)16-9-8(11)14-15-10(12)13-9/h2-5H,1H3. The van der Waals surface area contributed by atoms with Crippen molar-refractivity contribution in [3.05, 3.63) is 34.7 Å². The molecule has 0 spiro atoms. The number of nitrogens with zero attached hydrogens (tertiary/aromatic N) is 3. The van der Waals surface area contributed by atoms with Crippen LogP contribution in [0, 0.1) is 0 Å².